The second kappa shape index (κ2) is 8.29. The lowest BCUT2D eigenvalue weighted by molar-refractivity contribution is 0.168. The summed E-state index contributed by atoms with van der Waals surface area (Å²) < 4.78 is 10.1. The van der Waals surface area contributed by atoms with Gasteiger partial charge < -0.3 is 9.15 Å². The van der Waals surface area contributed by atoms with Crippen LogP contribution in [-0.2, 0) is 10.5 Å². The van der Waals surface area contributed by atoms with Gasteiger partial charge in [0, 0.05) is 38.9 Å². The fraction of sp³-hybridized carbons (Fsp3) is 0.158. The Balaban J connectivity index is 1.84. The van der Waals surface area contributed by atoms with Gasteiger partial charge in [-0.3, -0.25) is 5.32 Å². The first-order chi connectivity index (χ1) is 12.5. The zero-order chi connectivity index (χ0) is 18.5. The molecule has 1 amide bonds. The Kier molecular flexibility index (Phi) is 5.85. The van der Waals surface area contributed by atoms with E-state index in [2.05, 4.69) is 5.32 Å². The van der Waals surface area contributed by atoms with E-state index in [-0.39, 0.29) is 6.61 Å². The molecule has 2 aromatic carbocycles. The first kappa shape index (κ1) is 18.4. The number of fused-ring (bicyclic) bond motifs is 1. The number of anilines is 1. The van der Waals surface area contributed by atoms with E-state index in [9.17, 15) is 9.59 Å². The molecule has 3 aromatic rings. The van der Waals surface area contributed by atoms with Crippen molar-refractivity contribution in [3.8, 4) is 0 Å². The second-order valence-corrected chi connectivity index (χ2v) is 6.87. The van der Waals surface area contributed by atoms with Gasteiger partial charge >= 0.3 is 11.7 Å². The molecular weight excluding hydrogens is 374 g/mol. The van der Waals surface area contributed by atoms with Crippen molar-refractivity contribution in [2.75, 3.05) is 11.9 Å². The highest BCUT2D eigenvalue weighted by Crippen LogP contribution is 2.28. The predicted octanol–water partition coefficient (Wildman–Crippen LogP) is 5.31. The fourth-order valence-electron chi connectivity index (χ4n) is 2.40. The molecule has 0 spiro atoms. The third kappa shape index (κ3) is 4.59. The van der Waals surface area contributed by atoms with Gasteiger partial charge in [0.2, 0.25) is 0 Å². The summed E-state index contributed by atoms with van der Waals surface area (Å²) >= 11 is 7.49. The summed E-state index contributed by atoms with van der Waals surface area (Å²) in [4.78, 5) is 24.5. The highest BCUT2D eigenvalue weighted by Gasteiger charge is 2.09. The molecule has 0 unspecified atom stereocenters. The Hall–Kier alpha value is -2.44. The first-order valence-corrected chi connectivity index (χ1v) is 9.30. The van der Waals surface area contributed by atoms with Gasteiger partial charge in [-0.2, -0.15) is 0 Å². The maximum absolute atomic E-state index is 11.9. The minimum Gasteiger partial charge on any atom is -0.450 e. The third-order valence-corrected chi connectivity index (χ3v) is 4.87. The molecule has 1 aromatic heterocycles. The Bertz CT molecular complexity index is 985. The number of thioether (sulfide) groups is 1. The van der Waals surface area contributed by atoms with E-state index >= 15 is 0 Å². The van der Waals surface area contributed by atoms with Gasteiger partial charge in [-0.05, 0) is 48.9 Å². The topological polar surface area (TPSA) is 68.5 Å². The third-order valence-electron chi connectivity index (χ3n) is 3.56. The molecule has 1 N–H and O–H groups in total. The van der Waals surface area contributed by atoms with Gasteiger partial charge in [-0.15, -0.1) is 11.8 Å². The molecule has 7 heteroatoms. The number of benzene rings is 2. The molecule has 0 radical (unpaired) electrons. The number of carbonyl (C=O) groups is 1. The lowest BCUT2D eigenvalue weighted by Crippen LogP contribution is -2.13. The molecule has 0 saturated carbocycles. The van der Waals surface area contributed by atoms with Crippen molar-refractivity contribution in [1.29, 1.82) is 0 Å². The summed E-state index contributed by atoms with van der Waals surface area (Å²) in [6.07, 6.45) is -0.552. The van der Waals surface area contributed by atoms with Crippen LogP contribution >= 0.6 is 23.4 Å². The lowest BCUT2D eigenvalue weighted by Gasteiger charge is -2.08. The van der Waals surface area contributed by atoms with Crippen LogP contribution in [0.2, 0.25) is 5.02 Å². The van der Waals surface area contributed by atoms with E-state index < -0.39 is 11.7 Å². The number of nitrogens with one attached hydrogen (secondary N) is 1. The molecule has 134 valence electrons. The van der Waals surface area contributed by atoms with E-state index in [1.165, 1.54) is 6.07 Å². The van der Waals surface area contributed by atoms with Gasteiger partial charge in [0.25, 0.3) is 0 Å². The number of hydrogen-bond acceptors (Lipinski definition) is 5. The van der Waals surface area contributed by atoms with Gasteiger partial charge in [-0.25, -0.2) is 9.59 Å². The Morgan fingerprint density at radius 3 is 2.69 bits per heavy atom. The molecule has 0 aliphatic rings. The minimum atomic E-state index is -0.552. The predicted molar refractivity (Wildman–Crippen MR) is 104 cm³/mol. The van der Waals surface area contributed by atoms with Crippen LogP contribution in [0.1, 0.15) is 12.5 Å². The minimum absolute atomic E-state index is 0.278. The molecular formula is C19H16ClNO4S. The van der Waals surface area contributed by atoms with Crippen molar-refractivity contribution in [1.82, 2.24) is 0 Å². The summed E-state index contributed by atoms with van der Waals surface area (Å²) in [5.74, 6) is 0.606. The fourth-order valence-corrected chi connectivity index (χ4v) is 3.42. The number of halogens is 1. The van der Waals surface area contributed by atoms with E-state index in [0.717, 1.165) is 15.8 Å². The smallest absolute Gasteiger partial charge is 0.411 e. The van der Waals surface area contributed by atoms with E-state index in [4.69, 9.17) is 20.8 Å². The van der Waals surface area contributed by atoms with E-state index in [1.54, 1.807) is 30.8 Å². The van der Waals surface area contributed by atoms with Gasteiger partial charge in [-0.1, -0.05) is 11.6 Å². The summed E-state index contributed by atoms with van der Waals surface area (Å²) in [6.45, 7) is 2.00. The van der Waals surface area contributed by atoms with Crippen LogP contribution in [0, 0.1) is 0 Å². The van der Waals surface area contributed by atoms with Crippen molar-refractivity contribution >= 4 is 46.1 Å². The van der Waals surface area contributed by atoms with Crippen LogP contribution in [0.5, 0.6) is 0 Å². The molecule has 1 heterocycles. The molecule has 0 aliphatic carbocycles. The number of carbonyl (C=O) groups excluding carboxylic acids is 1. The highest BCUT2D eigenvalue weighted by molar-refractivity contribution is 7.98. The van der Waals surface area contributed by atoms with Gasteiger partial charge in [0.1, 0.15) is 5.58 Å². The van der Waals surface area contributed by atoms with E-state index in [1.807, 2.05) is 30.3 Å². The zero-order valence-electron chi connectivity index (χ0n) is 14.0. The van der Waals surface area contributed by atoms with Crippen LogP contribution in [0.25, 0.3) is 11.0 Å². The number of ether oxygens (including phenoxy) is 1. The van der Waals surface area contributed by atoms with Crippen molar-refractivity contribution in [3.63, 3.8) is 0 Å². The quantitative estimate of drug-likeness (QED) is 0.473. The molecule has 0 atom stereocenters. The molecule has 3 rings (SSSR count). The van der Waals surface area contributed by atoms with Crippen LogP contribution in [-0.4, -0.2) is 12.7 Å². The largest absolute Gasteiger partial charge is 0.450 e. The highest BCUT2D eigenvalue weighted by atomic mass is 35.5. The average Bonchev–Trinajstić information content (AvgIpc) is 2.60. The van der Waals surface area contributed by atoms with Gasteiger partial charge in [0.15, 0.2) is 0 Å². The second-order valence-electron chi connectivity index (χ2n) is 5.39. The van der Waals surface area contributed by atoms with Gasteiger partial charge in [0.05, 0.1) is 6.61 Å². The number of hydrogen-bond donors (Lipinski definition) is 1. The van der Waals surface area contributed by atoms with Crippen LogP contribution in [0.15, 0.2) is 62.6 Å². The molecule has 0 fully saturated rings. The maximum Gasteiger partial charge on any atom is 0.411 e. The number of rotatable bonds is 5. The van der Waals surface area contributed by atoms with Crippen molar-refractivity contribution in [2.24, 2.45) is 0 Å². The summed E-state index contributed by atoms with van der Waals surface area (Å²) in [6, 6.07) is 14.2. The van der Waals surface area contributed by atoms with Crippen molar-refractivity contribution in [2.45, 2.75) is 17.6 Å². The molecule has 5 nitrogen and oxygen atoms in total. The Morgan fingerprint density at radius 1 is 1.19 bits per heavy atom. The van der Waals surface area contributed by atoms with Crippen LogP contribution in [0.3, 0.4) is 0 Å². The van der Waals surface area contributed by atoms with Crippen molar-refractivity contribution in [3.05, 3.63) is 69.5 Å². The normalized spacial score (nSPS) is 10.7. The molecule has 26 heavy (non-hydrogen) atoms. The number of amides is 1. The summed E-state index contributed by atoms with van der Waals surface area (Å²) in [7, 11) is 0. The lowest BCUT2D eigenvalue weighted by atomic mass is 10.1. The standard InChI is InChI=1S/C19H16ClNO4S/c1-2-24-19(23)21-14-5-8-16-12(9-18(22)25-17(16)10-14)11-26-15-6-3-13(20)4-7-15/h3-10H,2,11H2,1H3,(H,21,23). The molecule has 0 bridgehead atoms. The monoisotopic (exact) mass is 389 g/mol. The first-order valence-electron chi connectivity index (χ1n) is 7.94. The van der Waals surface area contributed by atoms with Crippen LogP contribution in [0.4, 0.5) is 10.5 Å². The zero-order valence-corrected chi connectivity index (χ0v) is 15.5. The SMILES string of the molecule is CCOC(=O)Nc1ccc2c(CSc3ccc(Cl)cc3)cc(=O)oc2c1. The maximum atomic E-state index is 11.9. The Morgan fingerprint density at radius 2 is 1.96 bits per heavy atom. The molecule has 0 saturated heterocycles. The van der Waals surface area contributed by atoms with E-state index in [0.29, 0.717) is 22.0 Å². The van der Waals surface area contributed by atoms with Crippen LogP contribution < -0.4 is 10.9 Å². The summed E-state index contributed by atoms with van der Waals surface area (Å²) in [5, 5.41) is 4.10. The summed E-state index contributed by atoms with van der Waals surface area (Å²) in [5.41, 5.74) is 1.34. The Labute approximate surface area is 159 Å². The molecule has 0 aliphatic heterocycles. The van der Waals surface area contributed by atoms with Crippen molar-refractivity contribution < 1.29 is 13.9 Å². The average molecular weight is 390 g/mol.